The molecule has 2 aliphatic rings. The Bertz CT molecular complexity index is 560. The molecule has 0 bridgehead atoms. The van der Waals surface area contributed by atoms with Gasteiger partial charge in [-0.1, -0.05) is 12.1 Å². The van der Waals surface area contributed by atoms with Crippen molar-refractivity contribution in [3.63, 3.8) is 0 Å². The van der Waals surface area contributed by atoms with Gasteiger partial charge in [0, 0.05) is 26.7 Å². The molecular formula is C19H27FN2O3. The van der Waals surface area contributed by atoms with E-state index in [1.165, 1.54) is 12.1 Å². The third-order valence-corrected chi connectivity index (χ3v) is 5.22. The molecule has 1 aromatic rings. The summed E-state index contributed by atoms with van der Waals surface area (Å²) < 4.78 is 24.1. The Balaban J connectivity index is 1.52. The molecule has 2 atom stereocenters. The summed E-state index contributed by atoms with van der Waals surface area (Å²) in [5, 5.41) is 0. The lowest BCUT2D eigenvalue weighted by Gasteiger charge is -2.38. The van der Waals surface area contributed by atoms with E-state index in [0.717, 1.165) is 31.5 Å². The molecule has 2 aliphatic heterocycles. The normalized spacial score (nSPS) is 25.1. The number of carbonyl (C=O) groups is 1. The predicted molar refractivity (Wildman–Crippen MR) is 92.8 cm³/mol. The number of piperidine rings is 1. The summed E-state index contributed by atoms with van der Waals surface area (Å²) in [6.45, 7) is 4.74. The molecule has 0 N–H and O–H groups in total. The number of halogens is 1. The number of hydrogen-bond acceptors (Lipinski definition) is 4. The lowest BCUT2D eigenvalue weighted by molar-refractivity contribution is -0.137. The molecule has 0 spiro atoms. The highest BCUT2D eigenvalue weighted by Gasteiger charge is 2.31. The largest absolute Gasteiger partial charge is 0.380 e. The highest BCUT2D eigenvalue weighted by atomic mass is 19.1. The third-order valence-electron chi connectivity index (χ3n) is 5.22. The molecule has 25 heavy (non-hydrogen) atoms. The first-order chi connectivity index (χ1) is 12.2. The van der Waals surface area contributed by atoms with Crippen LogP contribution in [0, 0.1) is 11.7 Å². The lowest BCUT2D eigenvalue weighted by atomic mass is 9.87. The van der Waals surface area contributed by atoms with Gasteiger partial charge in [-0.15, -0.1) is 0 Å². The van der Waals surface area contributed by atoms with Crippen LogP contribution in [0.25, 0.3) is 0 Å². The smallest absolute Gasteiger partial charge is 0.236 e. The van der Waals surface area contributed by atoms with E-state index in [0.29, 0.717) is 38.8 Å². The van der Waals surface area contributed by atoms with Crippen molar-refractivity contribution in [3.05, 3.63) is 35.6 Å². The summed E-state index contributed by atoms with van der Waals surface area (Å²) in [6, 6.07) is 6.70. The van der Waals surface area contributed by atoms with Gasteiger partial charge in [0.15, 0.2) is 0 Å². The second-order valence-corrected chi connectivity index (χ2v) is 6.88. The van der Waals surface area contributed by atoms with Gasteiger partial charge < -0.3 is 14.4 Å². The fourth-order valence-corrected chi connectivity index (χ4v) is 3.70. The summed E-state index contributed by atoms with van der Waals surface area (Å²) in [7, 11) is 1.73. The molecule has 1 aromatic carbocycles. The topological polar surface area (TPSA) is 42.0 Å². The Morgan fingerprint density at radius 1 is 1.24 bits per heavy atom. The molecule has 0 aliphatic carbocycles. The number of nitrogens with zero attached hydrogens (tertiary/aromatic N) is 2. The first kappa shape index (κ1) is 18.3. The van der Waals surface area contributed by atoms with Crippen LogP contribution in [0.15, 0.2) is 24.3 Å². The summed E-state index contributed by atoms with van der Waals surface area (Å²) >= 11 is 0. The lowest BCUT2D eigenvalue weighted by Crippen LogP contribution is -2.51. The van der Waals surface area contributed by atoms with Crippen LogP contribution in [0.2, 0.25) is 0 Å². The van der Waals surface area contributed by atoms with Crippen molar-refractivity contribution in [2.24, 2.45) is 5.92 Å². The van der Waals surface area contributed by atoms with Gasteiger partial charge in [-0.3, -0.25) is 9.69 Å². The Hall–Kier alpha value is -1.50. The van der Waals surface area contributed by atoms with E-state index in [1.54, 1.807) is 7.11 Å². The first-order valence-corrected chi connectivity index (χ1v) is 9.01. The molecule has 138 valence electrons. The standard InChI is InChI=1S/C19H27FN2O3/c1-24-18-13-21(14-19(23)22-8-10-25-11-9-22)7-6-16(18)12-15-2-4-17(20)5-3-15/h2-5,16,18H,6-14H2,1H3/t16-,18-/m1/s1. The molecule has 0 saturated carbocycles. The molecule has 0 aromatic heterocycles. The summed E-state index contributed by atoms with van der Waals surface area (Å²) in [4.78, 5) is 16.5. The van der Waals surface area contributed by atoms with E-state index in [1.807, 2.05) is 17.0 Å². The van der Waals surface area contributed by atoms with Gasteiger partial charge in [0.2, 0.25) is 5.91 Å². The van der Waals surface area contributed by atoms with E-state index in [2.05, 4.69) is 4.90 Å². The van der Waals surface area contributed by atoms with E-state index in [4.69, 9.17) is 9.47 Å². The van der Waals surface area contributed by atoms with Crippen molar-refractivity contribution in [1.29, 1.82) is 0 Å². The quantitative estimate of drug-likeness (QED) is 0.808. The zero-order valence-corrected chi connectivity index (χ0v) is 14.8. The van der Waals surface area contributed by atoms with Gasteiger partial charge in [0.1, 0.15) is 5.82 Å². The van der Waals surface area contributed by atoms with Crippen molar-refractivity contribution in [2.45, 2.75) is 18.9 Å². The minimum Gasteiger partial charge on any atom is -0.380 e. The number of rotatable bonds is 5. The molecular weight excluding hydrogens is 323 g/mol. The number of likely N-dealkylation sites (tertiary alicyclic amines) is 1. The maximum absolute atomic E-state index is 13.1. The van der Waals surface area contributed by atoms with E-state index >= 15 is 0 Å². The zero-order chi connectivity index (χ0) is 17.6. The van der Waals surface area contributed by atoms with Gasteiger partial charge in [0.05, 0.1) is 25.9 Å². The molecule has 5 nitrogen and oxygen atoms in total. The van der Waals surface area contributed by atoms with E-state index < -0.39 is 0 Å². The van der Waals surface area contributed by atoms with Gasteiger partial charge >= 0.3 is 0 Å². The minimum atomic E-state index is -0.205. The maximum atomic E-state index is 13.1. The second kappa shape index (κ2) is 8.74. The first-order valence-electron chi connectivity index (χ1n) is 9.01. The van der Waals surface area contributed by atoms with E-state index in [-0.39, 0.29) is 17.8 Å². The number of carbonyl (C=O) groups excluding carboxylic acids is 1. The average Bonchev–Trinajstić information content (AvgIpc) is 2.65. The van der Waals surface area contributed by atoms with Crippen molar-refractivity contribution in [1.82, 2.24) is 9.80 Å². The highest BCUT2D eigenvalue weighted by Crippen LogP contribution is 2.24. The third kappa shape index (κ3) is 5.00. The van der Waals surface area contributed by atoms with Crippen LogP contribution in [-0.2, 0) is 20.7 Å². The zero-order valence-electron chi connectivity index (χ0n) is 14.8. The number of amides is 1. The number of hydrogen-bond donors (Lipinski definition) is 0. The minimum absolute atomic E-state index is 0.0938. The van der Waals surface area contributed by atoms with Gasteiger partial charge in [-0.25, -0.2) is 4.39 Å². The van der Waals surface area contributed by atoms with Crippen LogP contribution in [-0.4, -0.2) is 74.9 Å². The molecule has 0 unspecified atom stereocenters. The number of ether oxygens (including phenoxy) is 2. The molecule has 3 rings (SSSR count). The van der Waals surface area contributed by atoms with E-state index in [9.17, 15) is 9.18 Å². The van der Waals surface area contributed by atoms with Gasteiger partial charge in [-0.05, 0) is 43.0 Å². The fourth-order valence-electron chi connectivity index (χ4n) is 3.70. The van der Waals surface area contributed by atoms with Crippen LogP contribution in [0.4, 0.5) is 4.39 Å². The molecule has 2 heterocycles. The molecule has 2 saturated heterocycles. The summed E-state index contributed by atoms with van der Waals surface area (Å²) in [6.07, 6.45) is 1.95. The maximum Gasteiger partial charge on any atom is 0.236 e. The summed E-state index contributed by atoms with van der Waals surface area (Å²) in [5.41, 5.74) is 1.13. The average molecular weight is 350 g/mol. The summed E-state index contributed by atoms with van der Waals surface area (Å²) in [5.74, 6) is 0.365. The van der Waals surface area contributed by atoms with Gasteiger partial charge in [-0.2, -0.15) is 0 Å². The number of benzene rings is 1. The fraction of sp³-hybridized carbons (Fsp3) is 0.632. The Morgan fingerprint density at radius 2 is 1.96 bits per heavy atom. The highest BCUT2D eigenvalue weighted by molar-refractivity contribution is 5.78. The molecule has 0 radical (unpaired) electrons. The van der Waals surface area contributed by atoms with Crippen LogP contribution in [0.1, 0.15) is 12.0 Å². The Kier molecular flexibility index (Phi) is 6.39. The van der Waals surface area contributed by atoms with Crippen LogP contribution in [0.5, 0.6) is 0 Å². The van der Waals surface area contributed by atoms with Crippen molar-refractivity contribution in [3.8, 4) is 0 Å². The monoisotopic (exact) mass is 350 g/mol. The SMILES string of the molecule is CO[C@@H]1CN(CC(=O)N2CCOCC2)CC[C@@H]1Cc1ccc(F)cc1. The Labute approximate surface area is 148 Å². The molecule has 6 heteroatoms. The van der Waals surface area contributed by atoms with Crippen molar-refractivity contribution >= 4 is 5.91 Å². The second-order valence-electron chi connectivity index (χ2n) is 6.88. The van der Waals surface area contributed by atoms with Crippen LogP contribution in [0.3, 0.4) is 0 Å². The van der Waals surface area contributed by atoms with Crippen molar-refractivity contribution < 1.29 is 18.7 Å². The number of morpholine rings is 1. The van der Waals surface area contributed by atoms with Crippen LogP contribution >= 0.6 is 0 Å². The van der Waals surface area contributed by atoms with Gasteiger partial charge in [0.25, 0.3) is 0 Å². The van der Waals surface area contributed by atoms with Crippen molar-refractivity contribution in [2.75, 3.05) is 53.0 Å². The molecule has 2 fully saturated rings. The predicted octanol–water partition coefficient (Wildman–Crippen LogP) is 1.56. The molecule has 1 amide bonds. The number of methoxy groups -OCH3 is 1. The Morgan fingerprint density at radius 3 is 2.64 bits per heavy atom. The van der Waals surface area contributed by atoms with Crippen LogP contribution < -0.4 is 0 Å².